The van der Waals surface area contributed by atoms with E-state index >= 15 is 0 Å². The molecule has 0 aromatic heterocycles. The maximum absolute atomic E-state index is 13.0. The van der Waals surface area contributed by atoms with Crippen molar-refractivity contribution in [2.75, 3.05) is 5.32 Å². The second kappa shape index (κ2) is 7.25. The van der Waals surface area contributed by atoms with Gasteiger partial charge in [-0.05, 0) is 44.0 Å². The predicted molar refractivity (Wildman–Crippen MR) is 69.9 cm³/mol. The molecule has 96 valence electrons. The summed E-state index contributed by atoms with van der Waals surface area (Å²) in [6.45, 7) is 3.52. The molecule has 0 saturated heterocycles. The van der Waals surface area contributed by atoms with Gasteiger partial charge in [0, 0.05) is 18.2 Å². The minimum Gasteiger partial charge on any atom is -0.328 e. The summed E-state index contributed by atoms with van der Waals surface area (Å²) < 4.78 is 13.0. The van der Waals surface area contributed by atoms with Crippen molar-refractivity contribution in [2.24, 2.45) is 5.73 Å². The highest BCUT2D eigenvalue weighted by molar-refractivity contribution is 5.90. The van der Waals surface area contributed by atoms with Crippen molar-refractivity contribution in [3.05, 3.63) is 29.6 Å². The molecule has 0 fully saturated rings. The molecule has 17 heavy (non-hydrogen) atoms. The fourth-order valence-corrected chi connectivity index (χ4v) is 1.30. The molecule has 0 spiro atoms. The number of carbonyl (C=O) groups excluding carboxylic acids is 1. The lowest BCUT2D eigenvalue weighted by Crippen LogP contribution is -2.19. The van der Waals surface area contributed by atoms with Gasteiger partial charge >= 0.3 is 0 Å². The molecule has 1 rings (SSSR count). The van der Waals surface area contributed by atoms with Crippen molar-refractivity contribution >= 4 is 24.0 Å². The van der Waals surface area contributed by atoms with Gasteiger partial charge in [0.25, 0.3) is 0 Å². The summed E-state index contributed by atoms with van der Waals surface area (Å²) >= 11 is 0. The first kappa shape index (κ1) is 15.9. The minimum atomic E-state index is -0.270. The zero-order valence-electron chi connectivity index (χ0n) is 10.00. The molecule has 0 heterocycles. The lowest BCUT2D eigenvalue weighted by atomic mass is 10.1. The Bertz CT molecular complexity index is 383. The summed E-state index contributed by atoms with van der Waals surface area (Å²) in [4.78, 5) is 11.5. The van der Waals surface area contributed by atoms with Gasteiger partial charge in [0.15, 0.2) is 0 Å². The maximum atomic E-state index is 13.0. The second-order valence-electron chi connectivity index (χ2n) is 4.03. The third-order valence-corrected chi connectivity index (χ3v) is 2.27. The molecule has 5 heteroatoms. The van der Waals surface area contributed by atoms with Gasteiger partial charge in [-0.15, -0.1) is 12.4 Å². The molecule has 0 aliphatic carbocycles. The Morgan fingerprint density at radius 3 is 2.71 bits per heavy atom. The van der Waals surface area contributed by atoms with E-state index < -0.39 is 0 Å². The van der Waals surface area contributed by atoms with Crippen LogP contribution >= 0.6 is 12.4 Å². The van der Waals surface area contributed by atoms with Crippen molar-refractivity contribution in [1.29, 1.82) is 0 Å². The van der Waals surface area contributed by atoms with Gasteiger partial charge in [-0.3, -0.25) is 4.79 Å². The first-order valence-electron chi connectivity index (χ1n) is 5.30. The number of aryl methyl sites for hydroxylation is 1. The summed E-state index contributed by atoms with van der Waals surface area (Å²) in [6, 6.07) is 4.52. The first-order valence-corrected chi connectivity index (χ1v) is 5.30. The molecule has 3 nitrogen and oxygen atoms in total. The molecule has 0 bridgehead atoms. The van der Waals surface area contributed by atoms with Crippen LogP contribution in [0.15, 0.2) is 18.2 Å². The molecule has 0 radical (unpaired) electrons. The highest BCUT2D eigenvalue weighted by Crippen LogP contribution is 2.14. The number of halogens is 2. The molecule has 0 saturated carbocycles. The number of nitrogens with two attached hydrogens (primary N) is 1. The van der Waals surface area contributed by atoms with Crippen LogP contribution in [0, 0.1) is 12.7 Å². The third kappa shape index (κ3) is 5.65. The van der Waals surface area contributed by atoms with Crippen molar-refractivity contribution in [2.45, 2.75) is 32.7 Å². The number of nitrogens with one attached hydrogen (secondary N) is 1. The Labute approximate surface area is 107 Å². The van der Waals surface area contributed by atoms with E-state index in [0.717, 1.165) is 0 Å². The van der Waals surface area contributed by atoms with Crippen LogP contribution in [0.3, 0.4) is 0 Å². The van der Waals surface area contributed by atoms with Crippen molar-refractivity contribution < 1.29 is 9.18 Å². The average Bonchev–Trinajstić information content (AvgIpc) is 2.21. The Balaban J connectivity index is 0.00000256. The zero-order chi connectivity index (χ0) is 12.1. The maximum Gasteiger partial charge on any atom is 0.224 e. The fourth-order valence-electron chi connectivity index (χ4n) is 1.30. The van der Waals surface area contributed by atoms with Crippen LogP contribution in [0.1, 0.15) is 25.3 Å². The fraction of sp³-hybridized carbons (Fsp3) is 0.417. The molecule has 0 aliphatic heterocycles. The van der Waals surface area contributed by atoms with Gasteiger partial charge in [0.2, 0.25) is 5.91 Å². The SMILES string of the molecule is Cc1cc(NC(=O)CCC(C)N)ccc1F.Cl. The van der Waals surface area contributed by atoms with Gasteiger partial charge in [0.1, 0.15) is 5.82 Å². The molecular weight excluding hydrogens is 243 g/mol. The predicted octanol–water partition coefficient (Wildman–Crippen LogP) is 2.62. The third-order valence-electron chi connectivity index (χ3n) is 2.27. The van der Waals surface area contributed by atoms with E-state index in [-0.39, 0.29) is 30.2 Å². The smallest absolute Gasteiger partial charge is 0.224 e. The topological polar surface area (TPSA) is 55.1 Å². The van der Waals surface area contributed by atoms with E-state index in [1.54, 1.807) is 19.1 Å². The number of benzene rings is 1. The molecule has 1 atom stereocenters. The molecule has 1 amide bonds. The number of carbonyl (C=O) groups is 1. The van der Waals surface area contributed by atoms with E-state index in [1.807, 2.05) is 6.92 Å². The second-order valence-corrected chi connectivity index (χ2v) is 4.03. The minimum absolute atomic E-state index is 0. The number of amides is 1. The largest absolute Gasteiger partial charge is 0.328 e. The summed E-state index contributed by atoms with van der Waals surface area (Å²) in [5.41, 5.74) is 6.69. The van der Waals surface area contributed by atoms with E-state index in [1.165, 1.54) is 6.07 Å². The first-order chi connectivity index (χ1) is 7.49. The summed E-state index contributed by atoms with van der Waals surface area (Å²) in [6.07, 6.45) is 1.03. The molecule has 1 aromatic carbocycles. The Kier molecular flexibility index (Phi) is 6.76. The normalized spacial score (nSPS) is 11.5. The van der Waals surface area contributed by atoms with Crippen LogP contribution in [-0.2, 0) is 4.79 Å². The van der Waals surface area contributed by atoms with Crippen molar-refractivity contribution in [3.63, 3.8) is 0 Å². The Morgan fingerprint density at radius 2 is 2.18 bits per heavy atom. The van der Waals surface area contributed by atoms with Crippen molar-refractivity contribution in [3.8, 4) is 0 Å². The number of anilines is 1. The molecule has 0 aliphatic rings. The average molecular weight is 261 g/mol. The van der Waals surface area contributed by atoms with Crippen LogP contribution in [-0.4, -0.2) is 11.9 Å². The number of hydrogen-bond acceptors (Lipinski definition) is 2. The van der Waals surface area contributed by atoms with E-state index in [4.69, 9.17) is 5.73 Å². The van der Waals surface area contributed by atoms with Crippen LogP contribution in [0.2, 0.25) is 0 Å². The van der Waals surface area contributed by atoms with Crippen LogP contribution in [0.4, 0.5) is 10.1 Å². The summed E-state index contributed by atoms with van der Waals surface area (Å²) in [5.74, 6) is -0.364. The lowest BCUT2D eigenvalue weighted by Gasteiger charge is -2.07. The van der Waals surface area contributed by atoms with E-state index in [2.05, 4.69) is 5.32 Å². The lowest BCUT2D eigenvalue weighted by molar-refractivity contribution is -0.116. The highest BCUT2D eigenvalue weighted by atomic mass is 35.5. The van der Waals surface area contributed by atoms with Crippen LogP contribution in [0.25, 0.3) is 0 Å². The van der Waals surface area contributed by atoms with Gasteiger partial charge in [-0.1, -0.05) is 0 Å². The zero-order valence-corrected chi connectivity index (χ0v) is 10.8. The van der Waals surface area contributed by atoms with E-state index in [0.29, 0.717) is 24.1 Å². The Morgan fingerprint density at radius 1 is 1.53 bits per heavy atom. The number of rotatable bonds is 4. The monoisotopic (exact) mass is 260 g/mol. The van der Waals surface area contributed by atoms with Gasteiger partial charge in [-0.2, -0.15) is 0 Å². The molecule has 1 aromatic rings. The molecule has 3 N–H and O–H groups in total. The quantitative estimate of drug-likeness (QED) is 0.874. The van der Waals surface area contributed by atoms with Gasteiger partial charge in [0.05, 0.1) is 0 Å². The van der Waals surface area contributed by atoms with Gasteiger partial charge < -0.3 is 11.1 Å². The van der Waals surface area contributed by atoms with E-state index in [9.17, 15) is 9.18 Å². The van der Waals surface area contributed by atoms with Crippen LogP contribution < -0.4 is 11.1 Å². The Hall–Kier alpha value is -1.13. The van der Waals surface area contributed by atoms with Crippen LogP contribution in [0.5, 0.6) is 0 Å². The standard InChI is InChI=1S/C12H17FN2O.ClH/c1-8-7-10(4-5-11(8)13)15-12(16)6-3-9(2)14;/h4-5,7,9H,3,6,14H2,1-2H3,(H,15,16);1H. The number of hydrogen-bond donors (Lipinski definition) is 2. The molecule has 1 unspecified atom stereocenters. The van der Waals surface area contributed by atoms with Gasteiger partial charge in [-0.25, -0.2) is 4.39 Å². The highest BCUT2D eigenvalue weighted by Gasteiger charge is 2.05. The molecular formula is C12H18ClFN2O. The summed E-state index contributed by atoms with van der Waals surface area (Å²) in [7, 11) is 0. The summed E-state index contributed by atoms with van der Waals surface area (Å²) in [5, 5.41) is 2.70. The van der Waals surface area contributed by atoms with Crippen molar-refractivity contribution in [1.82, 2.24) is 0 Å².